The lowest BCUT2D eigenvalue weighted by atomic mass is 10.3. The van der Waals surface area contributed by atoms with E-state index in [1.165, 1.54) is 4.88 Å². The zero-order valence-corrected chi connectivity index (χ0v) is 14.5. The summed E-state index contributed by atoms with van der Waals surface area (Å²) in [7, 11) is 0. The summed E-state index contributed by atoms with van der Waals surface area (Å²) in [6.45, 7) is 6.46. The third-order valence-electron chi connectivity index (χ3n) is 3.99. The molecule has 0 unspecified atom stereocenters. The molecule has 126 valence electrons. The molecule has 1 saturated heterocycles. The first kappa shape index (κ1) is 16.7. The van der Waals surface area contributed by atoms with Gasteiger partial charge in [-0.15, -0.1) is 11.3 Å². The largest absolute Gasteiger partial charge is 0.384 e. The highest BCUT2D eigenvalue weighted by Crippen LogP contribution is 2.20. The van der Waals surface area contributed by atoms with Crippen LogP contribution in [0.2, 0.25) is 0 Å². The van der Waals surface area contributed by atoms with Gasteiger partial charge in [0.05, 0.1) is 4.88 Å². The van der Waals surface area contributed by atoms with Crippen LogP contribution in [0.3, 0.4) is 0 Å². The Bertz CT molecular complexity index is 756. The van der Waals surface area contributed by atoms with Gasteiger partial charge in [-0.3, -0.25) is 4.90 Å². The molecule has 0 bridgehead atoms. The SMILES string of the molecule is Cc1cnc(N2CCN(Cc3ccc(C#CCO)s3)CC2)nc1N. The Morgan fingerprint density at radius 2 is 2.08 bits per heavy atom. The normalized spacial score (nSPS) is 15.2. The second kappa shape index (κ2) is 7.62. The number of aromatic nitrogens is 2. The zero-order chi connectivity index (χ0) is 16.9. The number of piperazine rings is 1. The van der Waals surface area contributed by atoms with Crippen molar-refractivity contribution in [3.05, 3.63) is 33.6 Å². The number of aliphatic hydroxyl groups excluding tert-OH is 1. The second-order valence-corrected chi connectivity index (χ2v) is 6.90. The molecule has 2 aromatic rings. The fourth-order valence-corrected chi connectivity index (χ4v) is 3.51. The predicted molar refractivity (Wildman–Crippen MR) is 97.0 cm³/mol. The van der Waals surface area contributed by atoms with Gasteiger partial charge >= 0.3 is 0 Å². The van der Waals surface area contributed by atoms with Crippen molar-refractivity contribution in [1.82, 2.24) is 14.9 Å². The summed E-state index contributed by atoms with van der Waals surface area (Å²) in [5.74, 6) is 6.91. The summed E-state index contributed by atoms with van der Waals surface area (Å²) in [6, 6.07) is 4.13. The molecule has 0 saturated carbocycles. The van der Waals surface area contributed by atoms with E-state index in [-0.39, 0.29) is 6.61 Å². The Hall–Kier alpha value is -2.14. The summed E-state index contributed by atoms with van der Waals surface area (Å²) in [5.41, 5.74) is 6.79. The Balaban J connectivity index is 1.55. The molecule has 0 atom stereocenters. The maximum absolute atomic E-state index is 8.75. The number of hydrogen-bond acceptors (Lipinski definition) is 7. The molecule has 0 aromatic carbocycles. The van der Waals surface area contributed by atoms with Crippen LogP contribution in [0.5, 0.6) is 0 Å². The van der Waals surface area contributed by atoms with E-state index in [0.29, 0.717) is 5.82 Å². The number of nitrogen functional groups attached to an aromatic ring is 1. The maximum atomic E-state index is 8.75. The summed E-state index contributed by atoms with van der Waals surface area (Å²) < 4.78 is 0. The third kappa shape index (κ3) is 4.03. The van der Waals surface area contributed by atoms with Crippen LogP contribution >= 0.6 is 11.3 Å². The average molecular weight is 343 g/mol. The van der Waals surface area contributed by atoms with Crippen LogP contribution in [0.4, 0.5) is 11.8 Å². The van der Waals surface area contributed by atoms with Gasteiger partial charge in [-0.1, -0.05) is 11.8 Å². The molecule has 1 aliphatic heterocycles. The number of aryl methyl sites for hydroxylation is 1. The van der Waals surface area contributed by atoms with Crippen LogP contribution in [-0.4, -0.2) is 52.8 Å². The lowest BCUT2D eigenvalue weighted by Gasteiger charge is -2.34. The monoisotopic (exact) mass is 343 g/mol. The van der Waals surface area contributed by atoms with E-state index < -0.39 is 0 Å². The van der Waals surface area contributed by atoms with Crippen LogP contribution in [0.15, 0.2) is 18.3 Å². The van der Waals surface area contributed by atoms with Gasteiger partial charge in [-0.2, -0.15) is 4.98 Å². The summed E-state index contributed by atoms with van der Waals surface area (Å²) in [5, 5.41) is 8.75. The molecular formula is C17H21N5OS. The Kier molecular flexibility index (Phi) is 5.30. The number of nitrogens with two attached hydrogens (primary N) is 1. The lowest BCUT2D eigenvalue weighted by Crippen LogP contribution is -2.46. The van der Waals surface area contributed by atoms with E-state index in [9.17, 15) is 0 Å². The predicted octanol–water partition coefficient (Wildman–Crippen LogP) is 1.09. The third-order valence-corrected chi connectivity index (χ3v) is 4.97. The van der Waals surface area contributed by atoms with Gasteiger partial charge in [-0.05, 0) is 19.1 Å². The highest BCUT2D eigenvalue weighted by molar-refractivity contribution is 7.12. The Labute approximate surface area is 145 Å². The molecule has 1 aliphatic rings. The molecule has 0 spiro atoms. The van der Waals surface area contributed by atoms with Crippen LogP contribution in [0.1, 0.15) is 15.3 Å². The maximum Gasteiger partial charge on any atom is 0.227 e. The van der Waals surface area contributed by atoms with Crippen LogP contribution in [0.25, 0.3) is 0 Å². The van der Waals surface area contributed by atoms with E-state index in [1.807, 2.05) is 13.0 Å². The fraction of sp³-hybridized carbons (Fsp3) is 0.412. The van der Waals surface area contributed by atoms with Gasteiger partial charge in [0.25, 0.3) is 0 Å². The standard InChI is InChI=1S/C17H21N5OS/c1-13-11-19-17(20-16(13)18)22-8-6-21(7-9-22)12-15-5-4-14(24-15)3-2-10-23/h4-5,11,23H,6-10,12H2,1H3,(H2,18,19,20). The van der Waals surface area contributed by atoms with E-state index in [2.05, 4.69) is 37.7 Å². The van der Waals surface area contributed by atoms with E-state index >= 15 is 0 Å². The van der Waals surface area contributed by atoms with Crippen molar-refractivity contribution >= 4 is 23.1 Å². The van der Waals surface area contributed by atoms with Crippen molar-refractivity contribution in [3.8, 4) is 11.8 Å². The average Bonchev–Trinajstić information content (AvgIpc) is 3.03. The minimum atomic E-state index is -0.0964. The van der Waals surface area contributed by atoms with Crippen molar-refractivity contribution in [3.63, 3.8) is 0 Å². The number of rotatable bonds is 3. The molecule has 0 radical (unpaired) electrons. The summed E-state index contributed by atoms with van der Waals surface area (Å²) in [6.07, 6.45) is 1.78. The van der Waals surface area contributed by atoms with Gasteiger partial charge in [0, 0.05) is 49.4 Å². The van der Waals surface area contributed by atoms with Crippen LogP contribution < -0.4 is 10.6 Å². The molecule has 7 heteroatoms. The lowest BCUT2D eigenvalue weighted by molar-refractivity contribution is 0.251. The highest BCUT2D eigenvalue weighted by atomic mass is 32.1. The summed E-state index contributed by atoms with van der Waals surface area (Å²) >= 11 is 1.69. The molecule has 24 heavy (non-hydrogen) atoms. The summed E-state index contributed by atoms with van der Waals surface area (Å²) in [4.78, 5) is 15.7. The van der Waals surface area contributed by atoms with Gasteiger partial charge < -0.3 is 15.7 Å². The van der Waals surface area contributed by atoms with Crippen molar-refractivity contribution < 1.29 is 5.11 Å². The molecule has 3 N–H and O–H groups in total. The number of hydrogen-bond donors (Lipinski definition) is 2. The molecule has 2 aromatic heterocycles. The topological polar surface area (TPSA) is 78.5 Å². The van der Waals surface area contributed by atoms with E-state index in [0.717, 1.165) is 49.1 Å². The van der Waals surface area contributed by atoms with Crippen molar-refractivity contribution in [2.24, 2.45) is 0 Å². The first-order valence-electron chi connectivity index (χ1n) is 7.90. The fourth-order valence-electron chi connectivity index (χ4n) is 2.58. The number of thiophene rings is 1. The van der Waals surface area contributed by atoms with Gasteiger partial charge in [0.15, 0.2) is 0 Å². The first-order valence-corrected chi connectivity index (χ1v) is 8.72. The van der Waals surface area contributed by atoms with Crippen LogP contribution in [0, 0.1) is 18.8 Å². The van der Waals surface area contributed by atoms with Crippen molar-refractivity contribution in [1.29, 1.82) is 0 Å². The molecular weight excluding hydrogens is 322 g/mol. The molecule has 6 nitrogen and oxygen atoms in total. The van der Waals surface area contributed by atoms with Gasteiger partial charge in [0.1, 0.15) is 12.4 Å². The number of aliphatic hydroxyl groups is 1. The van der Waals surface area contributed by atoms with Crippen molar-refractivity contribution in [2.75, 3.05) is 43.4 Å². The number of nitrogens with zero attached hydrogens (tertiary/aromatic N) is 4. The highest BCUT2D eigenvalue weighted by Gasteiger charge is 2.19. The molecule has 0 amide bonds. The molecule has 3 heterocycles. The smallest absolute Gasteiger partial charge is 0.227 e. The molecule has 0 aliphatic carbocycles. The minimum absolute atomic E-state index is 0.0964. The van der Waals surface area contributed by atoms with Crippen LogP contribution in [-0.2, 0) is 6.54 Å². The number of anilines is 2. The van der Waals surface area contributed by atoms with Crippen molar-refractivity contribution in [2.45, 2.75) is 13.5 Å². The Morgan fingerprint density at radius 3 is 2.79 bits per heavy atom. The quantitative estimate of drug-likeness (QED) is 0.813. The first-order chi connectivity index (χ1) is 11.7. The van der Waals surface area contributed by atoms with E-state index in [1.54, 1.807) is 17.5 Å². The second-order valence-electron chi connectivity index (χ2n) is 5.73. The molecule has 3 rings (SSSR count). The van der Waals surface area contributed by atoms with Gasteiger partial charge in [-0.25, -0.2) is 4.98 Å². The Morgan fingerprint density at radius 1 is 1.29 bits per heavy atom. The van der Waals surface area contributed by atoms with Gasteiger partial charge in [0.2, 0.25) is 5.95 Å². The van der Waals surface area contributed by atoms with E-state index in [4.69, 9.17) is 10.8 Å². The molecule has 1 fully saturated rings. The minimum Gasteiger partial charge on any atom is -0.384 e. The zero-order valence-electron chi connectivity index (χ0n) is 13.7.